The van der Waals surface area contributed by atoms with Gasteiger partial charge in [0, 0.05) is 5.69 Å². The summed E-state index contributed by atoms with van der Waals surface area (Å²) >= 11 is 0. The fourth-order valence-corrected chi connectivity index (χ4v) is 1.39. The fraction of sp³-hybridized carbons (Fsp3) is 0.462. The van der Waals surface area contributed by atoms with Crippen LogP contribution in [-0.2, 0) is 16.3 Å². The Bertz CT molecular complexity index is 346. The van der Waals surface area contributed by atoms with Crippen LogP contribution in [0.25, 0.3) is 0 Å². The van der Waals surface area contributed by atoms with Gasteiger partial charge in [-0.1, -0.05) is 12.1 Å². The van der Waals surface area contributed by atoms with E-state index in [1.165, 1.54) is 0 Å². The Kier molecular flexibility index (Phi) is 5.49. The molecule has 0 fully saturated rings. The van der Waals surface area contributed by atoms with Crippen molar-refractivity contribution in [3.05, 3.63) is 29.8 Å². The van der Waals surface area contributed by atoms with Crippen LogP contribution in [0.15, 0.2) is 24.3 Å². The van der Waals surface area contributed by atoms with E-state index in [4.69, 9.17) is 4.74 Å². The zero-order chi connectivity index (χ0) is 12.7. The van der Waals surface area contributed by atoms with E-state index < -0.39 is 6.09 Å². The fourth-order valence-electron chi connectivity index (χ4n) is 1.39. The summed E-state index contributed by atoms with van der Waals surface area (Å²) in [5.74, 6) is 0. The molecule has 0 atom stereocenters. The standard InChI is InChI=1S/C13H18NO3/c1-10(2)17-13(16)14-12-7-5-11(6-8-12)4-3-9-15/h5-8,10H,3-4,9H2,1-2H3,(H,14,16). The van der Waals surface area contributed by atoms with E-state index in [-0.39, 0.29) is 12.7 Å². The summed E-state index contributed by atoms with van der Waals surface area (Å²) in [6, 6.07) is 7.42. The van der Waals surface area contributed by atoms with Gasteiger partial charge in [0.15, 0.2) is 0 Å². The highest BCUT2D eigenvalue weighted by molar-refractivity contribution is 5.84. The minimum Gasteiger partial charge on any atom is -0.447 e. The van der Waals surface area contributed by atoms with Crippen LogP contribution in [0.3, 0.4) is 0 Å². The Labute approximate surface area is 102 Å². The molecule has 17 heavy (non-hydrogen) atoms. The minimum atomic E-state index is -0.452. The molecule has 1 aromatic carbocycles. The molecule has 0 aliphatic carbocycles. The molecule has 0 saturated carbocycles. The number of amides is 1. The third-order valence-electron chi connectivity index (χ3n) is 2.15. The molecule has 0 saturated heterocycles. The van der Waals surface area contributed by atoms with E-state index in [0.717, 1.165) is 12.0 Å². The van der Waals surface area contributed by atoms with Crippen molar-refractivity contribution in [3.63, 3.8) is 0 Å². The minimum absolute atomic E-state index is 0.0548. The maximum atomic E-state index is 11.3. The van der Waals surface area contributed by atoms with Crippen molar-refractivity contribution in [1.29, 1.82) is 0 Å². The molecule has 0 unspecified atom stereocenters. The zero-order valence-electron chi connectivity index (χ0n) is 10.2. The van der Waals surface area contributed by atoms with Gasteiger partial charge in [0.1, 0.15) is 0 Å². The number of nitrogens with one attached hydrogen (secondary N) is 1. The molecular weight excluding hydrogens is 218 g/mol. The normalized spacial score (nSPS) is 10.4. The highest BCUT2D eigenvalue weighted by Gasteiger charge is 2.05. The lowest BCUT2D eigenvalue weighted by Gasteiger charge is -2.09. The molecule has 0 aromatic heterocycles. The second-order valence-electron chi connectivity index (χ2n) is 4.08. The molecule has 1 rings (SSSR count). The Balaban J connectivity index is 2.47. The lowest BCUT2D eigenvalue weighted by Crippen LogP contribution is -2.17. The quantitative estimate of drug-likeness (QED) is 0.854. The van der Waals surface area contributed by atoms with Crippen molar-refractivity contribution in [2.75, 3.05) is 11.9 Å². The lowest BCUT2D eigenvalue weighted by molar-refractivity contribution is 0.130. The average molecular weight is 236 g/mol. The van der Waals surface area contributed by atoms with E-state index in [1.807, 2.05) is 24.3 Å². The van der Waals surface area contributed by atoms with Gasteiger partial charge < -0.3 is 4.74 Å². The molecule has 4 heteroatoms. The third kappa shape index (κ3) is 5.36. The lowest BCUT2D eigenvalue weighted by atomic mass is 10.1. The van der Waals surface area contributed by atoms with Crippen LogP contribution in [-0.4, -0.2) is 18.8 Å². The van der Waals surface area contributed by atoms with Gasteiger partial charge in [-0.15, -0.1) is 0 Å². The number of carbonyl (C=O) groups excluding carboxylic acids is 1. The molecule has 1 aromatic rings. The van der Waals surface area contributed by atoms with E-state index in [9.17, 15) is 9.90 Å². The summed E-state index contributed by atoms with van der Waals surface area (Å²) in [5.41, 5.74) is 1.80. The Hall–Kier alpha value is -1.55. The monoisotopic (exact) mass is 236 g/mol. The summed E-state index contributed by atoms with van der Waals surface area (Å²) < 4.78 is 4.96. The van der Waals surface area contributed by atoms with Crippen LogP contribution >= 0.6 is 0 Å². The van der Waals surface area contributed by atoms with Crippen LogP contribution in [0.1, 0.15) is 25.8 Å². The molecule has 0 bridgehead atoms. The average Bonchev–Trinajstić information content (AvgIpc) is 2.27. The van der Waals surface area contributed by atoms with Gasteiger partial charge in [-0.2, -0.15) is 0 Å². The molecule has 1 radical (unpaired) electrons. The number of anilines is 1. The summed E-state index contributed by atoms with van der Waals surface area (Å²) in [6.45, 7) is 3.54. The maximum absolute atomic E-state index is 11.3. The van der Waals surface area contributed by atoms with Crippen molar-refractivity contribution < 1.29 is 14.6 Å². The van der Waals surface area contributed by atoms with Gasteiger partial charge in [-0.25, -0.2) is 9.90 Å². The second-order valence-corrected chi connectivity index (χ2v) is 4.08. The van der Waals surface area contributed by atoms with Crippen molar-refractivity contribution in [2.45, 2.75) is 32.8 Å². The Morgan fingerprint density at radius 3 is 2.47 bits per heavy atom. The molecule has 0 aliphatic rings. The first kappa shape index (κ1) is 13.5. The van der Waals surface area contributed by atoms with E-state index in [0.29, 0.717) is 12.1 Å². The second kappa shape index (κ2) is 6.91. The number of rotatable bonds is 5. The number of hydrogen-bond acceptors (Lipinski definition) is 2. The van der Waals surface area contributed by atoms with Crippen LogP contribution in [0.5, 0.6) is 0 Å². The molecule has 4 nitrogen and oxygen atoms in total. The molecule has 1 N–H and O–H groups in total. The summed E-state index contributed by atoms with van der Waals surface area (Å²) in [6.07, 6.45) is 0.834. The van der Waals surface area contributed by atoms with E-state index >= 15 is 0 Å². The van der Waals surface area contributed by atoms with Gasteiger partial charge in [0.25, 0.3) is 0 Å². The first-order valence-electron chi connectivity index (χ1n) is 5.76. The summed E-state index contributed by atoms with van der Waals surface area (Å²) in [5, 5.41) is 13.0. The van der Waals surface area contributed by atoms with Crippen LogP contribution in [0.4, 0.5) is 10.5 Å². The number of carbonyl (C=O) groups is 1. The largest absolute Gasteiger partial charge is 0.447 e. The van der Waals surface area contributed by atoms with Gasteiger partial charge >= 0.3 is 6.09 Å². The van der Waals surface area contributed by atoms with Gasteiger partial charge in [-0.05, 0) is 44.4 Å². The van der Waals surface area contributed by atoms with Gasteiger partial charge in [0.2, 0.25) is 0 Å². The molecule has 0 aliphatic heterocycles. The zero-order valence-corrected chi connectivity index (χ0v) is 10.2. The Morgan fingerprint density at radius 1 is 1.29 bits per heavy atom. The van der Waals surface area contributed by atoms with Gasteiger partial charge in [-0.3, -0.25) is 5.32 Å². The van der Waals surface area contributed by atoms with E-state index in [1.54, 1.807) is 13.8 Å². The SMILES string of the molecule is CC(C)OC(=O)Nc1ccc(CCC[O])cc1. The summed E-state index contributed by atoms with van der Waals surface area (Å²) in [4.78, 5) is 11.3. The first-order valence-corrected chi connectivity index (χ1v) is 5.76. The third-order valence-corrected chi connectivity index (χ3v) is 2.15. The maximum Gasteiger partial charge on any atom is 0.411 e. The molecule has 0 heterocycles. The molecule has 1 amide bonds. The molecule has 93 valence electrons. The number of aryl methyl sites for hydroxylation is 1. The highest BCUT2D eigenvalue weighted by Crippen LogP contribution is 2.11. The van der Waals surface area contributed by atoms with Crippen molar-refractivity contribution in [2.24, 2.45) is 0 Å². The number of ether oxygens (including phenoxy) is 1. The molecule has 0 spiro atoms. The van der Waals surface area contributed by atoms with Crippen molar-refractivity contribution in [3.8, 4) is 0 Å². The first-order chi connectivity index (χ1) is 8.11. The smallest absolute Gasteiger partial charge is 0.411 e. The topological polar surface area (TPSA) is 58.2 Å². The number of hydrogen-bond donors (Lipinski definition) is 1. The van der Waals surface area contributed by atoms with E-state index in [2.05, 4.69) is 5.32 Å². The Morgan fingerprint density at radius 2 is 1.94 bits per heavy atom. The van der Waals surface area contributed by atoms with Gasteiger partial charge in [0.05, 0.1) is 12.7 Å². The predicted molar refractivity (Wildman–Crippen MR) is 65.6 cm³/mol. The van der Waals surface area contributed by atoms with Crippen molar-refractivity contribution in [1.82, 2.24) is 0 Å². The van der Waals surface area contributed by atoms with Crippen LogP contribution in [0.2, 0.25) is 0 Å². The summed E-state index contributed by atoms with van der Waals surface area (Å²) in [7, 11) is 0. The van der Waals surface area contributed by atoms with Crippen LogP contribution in [0, 0.1) is 0 Å². The predicted octanol–water partition coefficient (Wildman–Crippen LogP) is 3.01. The molecular formula is C13H18NO3. The highest BCUT2D eigenvalue weighted by atomic mass is 16.6. The van der Waals surface area contributed by atoms with Crippen molar-refractivity contribution >= 4 is 11.8 Å². The van der Waals surface area contributed by atoms with Crippen LogP contribution < -0.4 is 5.32 Å². The number of benzene rings is 1.